The van der Waals surface area contributed by atoms with Crippen molar-refractivity contribution < 1.29 is 0 Å². The predicted octanol–water partition coefficient (Wildman–Crippen LogP) is 23.6. The molecule has 2 unspecified atom stereocenters. The molecule has 494 valence electrons. The van der Waals surface area contributed by atoms with Crippen LogP contribution in [0, 0.1) is 0 Å². The van der Waals surface area contributed by atoms with Gasteiger partial charge in [-0.15, -0.1) is 0 Å². The standard InChI is InChI=1S/2C25H50N3P2Si2.2C6H18NSi2.4Pb/c2*1-20(2)29(21(3)4,27-31(9,10)11)18-24-16-15-17-25(26-24)19-30(22(5)6,23(7)8)28-32(12,13)14;2*1-8(2,3)7-9(4,5)6;;;;/h2*15-18,20-23H,1-14H3;2*1-6H3;;;;/q;;2*-1;;;;. The number of pyridine rings is 2. The van der Waals surface area contributed by atoms with E-state index in [-0.39, 0.29) is 0.549 Å². The van der Waals surface area contributed by atoms with E-state index in [1.165, 1.54) is 22.8 Å². The predicted molar refractivity (Wildman–Crippen MR) is 432 cm³/mol. The summed E-state index contributed by atoms with van der Waals surface area (Å²) in [6.07, 6.45) is 0. The van der Waals surface area contributed by atoms with Crippen molar-refractivity contribution in [3.8, 4) is 0 Å². The van der Waals surface area contributed by atoms with E-state index in [1.807, 2.05) is 0 Å². The number of hydrogen-bond donors (Lipinski definition) is 0. The van der Waals surface area contributed by atoms with E-state index >= 15 is 0 Å². The maximum absolute atomic E-state index is 6.58. The van der Waals surface area contributed by atoms with E-state index in [1.54, 1.807) is 0 Å². The second-order valence-corrected chi connectivity index (χ2v) is 135. The molecule has 0 amide bonds. The first-order chi connectivity index (χ1) is 37.9. The molecule has 0 N–H and O–H groups in total. The van der Waals surface area contributed by atoms with Crippen LogP contribution >= 0.6 is 28.2 Å². The first-order valence-corrected chi connectivity index (χ1v) is 80.4. The van der Waals surface area contributed by atoms with Crippen molar-refractivity contribution in [3.05, 3.63) is 68.5 Å². The van der Waals surface area contributed by atoms with Crippen LogP contribution in [0.15, 0.2) is 54.0 Å². The molecular weight excluding hydrogens is 2030 g/mol. The minimum atomic E-state index is -2.01. The van der Waals surface area contributed by atoms with Gasteiger partial charge in [0.1, 0.15) is 0 Å². The van der Waals surface area contributed by atoms with Gasteiger partial charge >= 0.3 is 490 Å². The van der Waals surface area contributed by atoms with E-state index in [4.69, 9.17) is 36.9 Å². The zero-order chi connectivity index (χ0) is 68.4. The molecule has 0 bridgehead atoms. The number of nitrogens with zero attached hydrogens (tertiary/aromatic N) is 8. The number of hydrogen-bond acceptors (Lipinski definition) is 6. The molecule has 1 aliphatic heterocycles. The molecule has 3 heterocycles. The molecule has 2 atom stereocenters. The van der Waals surface area contributed by atoms with Crippen LogP contribution < -0.4 is 0 Å². The van der Waals surface area contributed by atoms with Gasteiger partial charge in [0.05, 0.1) is 0 Å². The molecule has 0 aliphatic carbocycles. The first-order valence-electron chi connectivity index (χ1n) is 32.9. The van der Waals surface area contributed by atoms with E-state index in [2.05, 4.69) is 304 Å². The van der Waals surface area contributed by atoms with E-state index in [0.29, 0.717) is 51.7 Å². The van der Waals surface area contributed by atoms with E-state index in [0.717, 1.165) is 51.5 Å². The Labute approximate surface area is 602 Å². The van der Waals surface area contributed by atoms with Gasteiger partial charge in [-0.05, 0) is 0 Å². The van der Waals surface area contributed by atoms with E-state index in [9.17, 15) is 0 Å². The molecule has 10 radical (unpaired) electrons. The molecule has 3 rings (SSSR count). The van der Waals surface area contributed by atoms with Crippen LogP contribution in [0.3, 0.4) is 0 Å². The molecule has 0 aromatic carbocycles. The Morgan fingerprint density at radius 2 is 0.558 bits per heavy atom. The molecule has 0 spiro atoms. The average molecular weight is 2170 g/mol. The van der Waals surface area contributed by atoms with Crippen LogP contribution in [-0.4, -0.2) is 221 Å². The summed E-state index contributed by atoms with van der Waals surface area (Å²) in [6, 6.07) is 15.1. The quantitative estimate of drug-likeness (QED) is 0.0772. The summed E-state index contributed by atoms with van der Waals surface area (Å²) in [5, 5.41) is 0. The summed E-state index contributed by atoms with van der Waals surface area (Å²) in [5.41, 5.74) is 10.00. The molecule has 1 saturated heterocycles. The van der Waals surface area contributed by atoms with Crippen LogP contribution in [0.4, 0.5) is 0 Å². The zero-order valence-electron chi connectivity index (χ0n) is 63.6. The van der Waals surface area contributed by atoms with Crippen LogP contribution in [0.1, 0.15) is 140 Å². The van der Waals surface area contributed by atoms with Crippen molar-refractivity contribution in [1.82, 2.24) is 9.97 Å². The van der Waals surface area contributed by atoms with Crippen molar-refractivity contribution in [2.75, 3.05) is 0 Å². The van der Waals surface area contributed by atoms with Crippen LogP contribution in [0.25, 0.3) is 9.30 Å². The van der Waals surface area contributed by atoms with Gasteiger partial charge in [0.25, 0.3) is 0 Å². The Balaban J connectivity index is 0.00000176. The summed E-state index contributed by atoms with van der Waals surface area (Å²) in [5.74, 6) is 0. The summed E-state index contributed by atoms with van der Waals surface area (Å²) in [7, 11) is -19.3. The average Bonchev–Trinajstić information content (AvgIpc) is 0.745. The Kier molecular flexibility index (Phi) is 33.7. The molecule has 86 heavy (non-hydrogen) atoms. The second kappa shape index (κ2) is 32.7. The van der Waals surface area contributed by atoms with Crippen LogP contribution in [-0.2, 0) is 0.549 Å². The fraction of sp³-hybridized carbons (Fsp3) is 0.839. The SMILES string of the molecule is CC(C)P(=N[Si](C)(C)C)(C(C)C)[CH]([Pb])c1cccc([C]2(P(=N[Si](C)(C)C)(C(C)C)C(C)C)[Pb][C](c3cccc([CH]([Pb])P(=N[Si](C)(C)C)(C(C)C)C(C)C)n3)(P(=N[Si](C)(C)C)(C(C)C)C(C)C)[Pb]2)n1.C[Si](C)(C)[N-][Si](C)(C)C.C[Si](C)(C)[N-][Si](C)(C)C. The molecule has 24 heteroatoms. The van der Waals surface area contributed by atoms with Gasteiger partial charge in [-0.25, -0.2) is 0 Å². The Morgan fingerprint density at radius 1 is 0.349 bits per heavy atom. The summed E-state index contributed by atoms with van der Waals surface area (Å²) in [4.78, 5) is 12.6. The third kappa shape index (κ3) is 23.3. The van der Waals surface area contributed by atoms with Crippen LogP contribution in [0.2, 0.25) is 157 Å². The van der Waals surface area contributed by atoms with Gasteiger partial charge in [0, 0.05) is 0 Å². The number of rotatable bonds is 24. The van der Waals surface area contributed by atoms with Gasteiger partial charge in [-0.2, -0.15) is 0 Å². The van der Waals surface area contributed by atoms with E-state index < -0.39 is 143 Å². The van der Waals surface area contributed by atoms with Crippen molar-refractivity contribution in [2.24, 2.45) is 17.6 Å². The van der Waals surface area contributed by atoms with Crippen molar-refractivity contribution in [3.63, 3.8) is 0 Å². The van der Waals surface area contributed by atoms with Crippen LogP contribution in [0.5, 0.6) is 0 Å². The van der Waals surface area contributed by atoms with Gasteiger partial charge < -0.3 is 9.30 Å². The second-order valence-electron chi connectivity index (χ2n) is 35.2. The Morgan fingerprint density at radius 3 is 0.709 bits per heavy atom. The van der Waals surface area contributed by atoms with Gasteiger partial charge in [0.15, 0.2) is 0 Å². The normalized spacial score (nSPS) is 19.2. The zero-order valence-corrected chi connectivity index (χ0v) is 90.7. The maximum atomic E-state index is 6.58. The Hall–Kier alpha value is 4.56. The summed E-state index contributed by atoms with van der Waals surface area (Å²) in [6.45, 7) is 98.6. The molecule has 0 saturated carbocycles. The fourth-order valence-corrected chi connectivity index (χ4v) is 179. The monoisotopic (exact) mass is 2170 g/mol. The number of aromatic nitrogens is 2. The topological polar surface area (TPSA) is 103 Å². The molecular formula is C62H136N8P4Pb4Si8-2. The van der Waals surface area contributed by atoms with Crippen molar-refractivity contribution in [1.29, 1.82) is 0 Å². The fourth-order valence-electron chi connectivity index (χ4n) is 13.9. The molecule has 8 nitrogen and oxygen atoms in total. The molecule has 2 aromatic heterocycles. The third-order valence-corrected chi connectivity index (χ3v) is 118. The first kappa shape index (κ1) is 88.6. The smallest absolute Gasteiger partial charge is 0.0691 e. The third-order valence-electron chi connectivity index (χ3n) is 15.1. The van der Waals surface area contributed by atoms with Gasteiger partial charge in [-0.1, -0.05) is 112 Å². The van der Waals surface area contributed by atoms with Crippen molar-refractivity contribution in [2.45, 2.75) is 320 Å². The summed E-state index contributed by atoms with van der Waals surface area (Å²) >= 11 is -1.66. The summed E-state index contributed by atoms with van der Waals surface area (Å²) < 4.78 is 36.2. The van der Waals surface area contributed by atoms with Crippen molar-refractivity contribution >= 4 is 194 Å². The van der Waals surface area contributed by atoms with Gasteiger partial charge in [0.2, 0.25) is 0 Å². The minimum Gasteiger partial charge on any atom is -0.668 e. The molecule has 1 fully saturated rings. The Bertz CT molecular complexity index is 2490. The minimum absolute atomic E-state index is 0.182. The molecule has 2 aromatic rings. The molecule has 1 aliphatic rings. The maximum Gasteiger partial charge on any atom is -0.0691 e. The largest absolute Gasteiger partial charge is 0.668 e. The van der Waals surface area contributed by atoms with Gasteiger partial charge in [-0.3, -0.25) is 0 Å².